The minimum Gasteiger partial charge on any atom is -0.497 e. The van der Waals surface area contributed by atoms with Crippen LogP contribution in [-0.4, -0.2) is 60.6 Å². The van der Waals surface area contributed by atoms with Crippen LogP contribution in [-0.2, 0) is 4.79 Å². The monoisotopic (exact) mass is 703 g/mol. The van der Waals surface area contributed by atoms with Crippen molar-refractivity contribution in [2.75, 3.05) is 31.1 Å². The van der Waals surface area contributed by atoms with Gasteiger partial charge >= 0.3 is 5.56 Å². The smallest absolute Gasteiger partial charge is 0.302 e. The molecule has 0 aliphatic carbocycles. The summed E-state index contributed by atoms with van der Waals surface area (Å²) < 4.78 is 12.9. The van der Waals surface area contributed by atoms with E-state index in [1.165, 1.54) is 27.6 Å². The van der Waals surface area contributed by atoms with Crippen LogP contribution in [0.25, 0.3) is 27.5 Å². The lowest BCUT2D eigenvalue weighted by Crippen LogP contribution is -2.30. The molecule has 0 bridgehead atoms. The second kappa shape index (κ2) is 15.0. The summed E-state index contributed by atoms with van der Waals surface area (Å²) in [6.07, 6.45) is 0. The van der Waals surface area contributed by atoms with Crippen molar-refractivity contribution in [3.05, 3.63) is 103 Å². The third-order valence-corrected chi connectivity index (χ3v) is 9.33. The van der Waals surface area contributed by atoms with Crippen LogP contribution in [0, 0.1) is 18.6 Å². The summed E-state index contributed by atoms with van der Waals surface area (Å²) in [5.74, 6) is 6.89. The summed E-state index contributed by atoms with van der Waals surface area (Å²) in [5.41, 5.74) is 3.82. The summed E-state index contributed by atoms with van der Waals surface area (Å²) in [4.78, 5) is 37.4. The third kappa shape index (κ3) is 7.59. The molecule has 6 rings (SSSR count). The number of carbonyl (C=O) groups is 1. The van der Waals surface area contributed by atoms with Gasteiger partial charge in [-0.25, -0.2) is 0 Å². The van der Waals surface area contributed by atoms with Crippen molar-refractivity contribution in [3.8, 4) is 34.0 Å². The lowest BCUT2D eigenvalue weighted by atomic mass is 10.1. The van der Waals surface area contributed by atoms with Crippen molar-refractivity contribution >= 4 is 51.9 Å². The largest absolute Gasteiger partial charge is 0.497 e. The van der Waals surface area contributed by atoms with Crippen molar-refractivity contribution in [2.45, 2.75) is 18.2 Å². The van der Waals surface area contributed by atoms with Crippen LogP contribution >= 0.6 is 35.3 Å². The third-order valence-electron chi connectivity index (χ3n) is 7.01. The molecule has 6 aromatic rings. The highest BCUT2D eigenvalue weighted by atomic mass is 32.2. The molecule has 3 aromatic carbocycles. The number of nitrogen functional groups attached to an aromatic ring is 1. The second-order valence-electron chi connectivity index (χ2n) is 10.0. The van der Waals surface area contributed by atoms with Gasteiger partial charge in [-0.3, -0.25) is 19.5 Å². The van der Waals surface area contributed by atoms with Gasteiger partial charge in [-0.2, -0.15) is 14.3 Å². The Morgan fingerprint density at radius 2 is 1.56 bits per heavy atom. The van der Waals surface area contributed by atoms with Gasteiger partial charge in [-0.1, -0.05) is 35.2 Å². The number of aromatic amines is 1. The summed E-state index contributed by atoms with van der Waals surface area (Å²) in [7, 11) is 3.15. The van der Waals surface area contributed by atoms with E-state index in [0.29, 0.717) is 31.9 Å². The maximum atomic E-state index is 12.8. The topological polar surface area (TPSA) is 184 Å². The van der Waals surface area contributed by atoms with Gasteiger partial charge in [0.1, 0.15) is 11.5 Å². The number of nitrogens with two attached hydrogens (primary N) is 1. The molecule has 4 N–H and O–H groups in total. The van der Waals surface area contributed by atoms with Crippen molar-refractivity contribution in [3.63, 3.8) is 0 Å². The van der Waals surface area contributed by atoms with Crippen LogP contribution in [0.15, 0.2) is 80.7 Å². The van der Waals surface area contributed by atoms with Crippen LogP contribution < -0.4 is 31.8 Å². The Kier molecular flexibility index (Phi) is 10.6. The Hall–Kier alpha value is -5.39. The molecule has 0 unspecified atom stereocenters. The Bertz CT molecular complexity index is 2260. The molecule has 0 fully saturated rings. The quantitative estimate of drug-likeness (QED) is 0.116. The highest BCUT2D eigenvalue weighted by Gasteiger charge is 2.15. The molecule has 0 radical (unpaired) electrons. The van der Waals surface area contributed by atoms with Crippen molar-refractivity contribution < 1.29 is 14.3 Å². The molecule has 3 heterocycles. The SMILES string of the molecule is COc1ccc(-c2n[nH]c(=S)n(N)c2=O)cc1.COc1ccc(-c2nnc3sc(SCC(=O)Nc4cccc(C)c4C)nn3c2=O)cc1. The molecule has 246 valence electrons. The Morgan fingerprint density at radius 3 is 2.19 bits per heavy atom. The standard InChI is InChI=1S/C21H19N5O3S2.C10H10N4O2S/c1-12-5-4-6-16(13(12)2)22-17(27)11-30-21-25-26-19(28)18(23-24-20(26)31-21)14-7-9-15(29-3)10-8-14;1-16-7-4-2-6(3-5-7)8-9(15)14(11)10(17)13-12-8/h4-10H,11H2,1-3H3,(H,22,27);2-5H,11H2,1H3,(H,13,17). The van der Waals surface area contributed by atoms with Crippen molar-refractivity contribution in [2.24, 2.45) is 0 Å². The fourth-order valence-electron chi connectivity index (χ4n) is 4.23. The fraction of sp³-hybridized carbons (Fsp3) is 0.161. The molecule has 0 atom stereocenters. The zero-order valence-corrected chi connectivity index (χ0v) is 28.5. The number of H-pyrrole nitrogens is 1. The van der Waals surface area contributed by atoms with E-state index in [-0.39, 0.29) is 33.4 Å². The Labute approximate surface area is 286 Å². The summed E-state index contributed by atoms with van der Waals surface area (Å²) in [5, 5.41) is 21.8. The molecule has 3 aromatic heterocycles. The first-order valence-electron chi connectivity index (χ1n) is 14.1. The number of carbonyl (C=O) groups excluding carboxylic acids is 1. The zero-order chi connectivity index (χ0) is 34.4. The van der Waals surface area contributed by atoms with E-state index in [0.717, 1.165) is 21.5 Å². The molecule has 0 aliphatic rings. The Morgan fingerprint density at radius 1 is 0.938 bits per heavy atom. The maximum Gasteiger partial charge on any atom is 0.302 e. The molecular weight excluding hydrogens is 675 g/mol. The van der Waals surface area contributed by atoms with Gasteiger partial charge in [0.05, 0.1) is 20.0 Å². The molecule has 0 aliphatic heterocycles. The van der Waals surface area contributed by atoms with Gasteiger partial charge < -0.3 is 20.6 Å². The van der Waals surface area contributed by atoms with Gasteiger partial charge in [-0.15, -0.1) is 15.3 Å². The molecule has 17 heteroatoms. The number of rotatable bonds is 8. The number of benzene rings is 3. The Balaban J connectivity index is 0.000000224. The highest BCUT2D eigenvalue weighted by molar-refractivity contribution is 8.01. The number of aromatic nitrogens is 7. The number of hydrogen-bond acceptors (Lipinski definition) is 13. The van der Waals surface area contributed by atoms with Crippen LogP contribution in [0.5, 0.6) is 11.5 Å². The van der Waals surface area contributed by atoms with Gasteiger partial charge in [-0.05, 0) is 91.8 Å². The number of anilines is 1. The normalized spacial score (nSPS) is 10.7. The number of aryl methyl sites for hydroxylation is 1. The number of hydrogen-bond donors (Lipinski definition) is 3. The van der Waals surface area contributed by atoms with Gasteiger partial charge in [0.15, 0.2) is 15.7 Å². The van der Waals surface area contributed by atoms with E-state index in [4.69, 9.17) is 27.5 Å². The van der Waals surface area contributed by atoms with Crippen molar-refractivity contribution in [1.29, 1.82) is 0 Å². The molecule has 0 spiro atoms. The minimum atomic E-state index is -0.445. The first-order chi connectivity index (χ1) is 23.1. The first-order valence-corrected chi connectivity index (χ1v) is 16.3. The minimum absolute atomic E-state index is 0.0762. The zero-order valence-electron chi connectivity index (χ0n) is 26.1. The van der Waals surface area contributed by atoms with E-state index in [1.54, 1.807) is 62.8 Å². The number of fused-ring (bicyclic) bond motifs is 1. The van der Waals surface area contributed by atoms with Crippen LogP contribution in [0.3, 0.4) is 0 Å². The van der Waals surface area contributed by atoms with Gasteiger partial charge in [0, 0.05) is 16.8 Å². The van der Waals surface area contributed by atoms with E-state index in [9.17, 15) is 14.4 Å². The number of methoxy groups -OCH3 is 2. The lowest BCUT2D eigenvalue weighted by molar-refractivity contribution is -0.113. The predicted molar refractivity (Wildman–Crippen MR) is 188 cm³/mol. The lowest BCUT2D eigenvalue weighted by Gasteiger charge is -2.09. The summed E-state index contributed by atoms with van der Waals surface area (Å²) >= 11 is 7.26. The van der Waals surface area contributed by atoms with Gasteiger partial charge in [0.2, 0.25) is 15.6 Å². The van der Waals surface area contributed by atoms with Crippen LogP contribution in [0.1, 0.15) is 11.1 Å². The van der Waals surface area contributed by atoms with Crippen molar-refractivity contribution in [1.82, 2.24) is 34.7 Å². The number of amides is 1. The molecule has 14 nitrogen and oxygen atoms in total. The summed E-state index contributed by atoms with van der Waals surface area (Å²) in [6.45, 7) is 3.97. The number of nitrogens with zero attached hydrogens (tertiary/aromatic N) is 6. The van der Waals surface area contributed by atoms with E-state index in [2.05, 4.69) is 30.8 Å². The van der Waals surface area contributed by atoms with E-state index < -0.39 is 5.56 Å². The van der Waals surface area contributed by atoms with Gasteiger partial charge in [0.25, 0.3) is 5.56 Å². The molecular formula is C31H29N9O5S3. The second-order valence-corrected chi connectivity index (χ2v) is 12.6. The molecule has 0 saturated heterocycles. The first kappa shape index (κ1) is 34.0. The molecule has 48 heavy (non-hydrogen) atoms. The molecule has 1 amide bonds. The summed E-state index contributed by atoms with van der Waals surface area (Å²) in [6, 6.07) is 19.7. The van der Waals surface area contributed by atoms with E-state index >= 15 is 0 Å². The molecule has 0 saturated carbocycles. The fourth-order valence-corrected chi connectivity index (χ4v) is 6.04. The average Bonchev–Trinajstić information content (AvgIpc) is 3.53. The van der Waals surface area contributed by atoms with Crippen LogP contribution in [0.4, 0.5) is 5.69 Å². The maximum absolute atomic E-state index is 12.8. The van der Waals surface area contributed by atoms with E-state index in [1.807, 2.05) is 32.0 Å². The number of nitrogens with one attached hydrogen (secondary N) is 2. The average molecular weight is 704 g/mol. The number of thioether (sulfide) groups is 1. The predicted octanol–water partition coefficient (Wildman–Crippen LogP) is 4.26. The van der Waals surface area contributed by atoms with Crippen LogP contribution in [0.2, 0.25) is 0 Å². The highest BCUT2D eigenvalue weighted by Crippen LogP contribution is 2.25. The number of ether oxygens (including phenoxy) is 2.